The molecule has 0 fully saturated rings. The van der Waals surface area contributed by atoms with E-state index >= 15 is 0 Å². The summed E-state index contributed by atoms with van der Waals surface area (Å²) in [6.07, 6.45) is -1.75. The second kappa shape index (κ2) is 11.9. The Kier molecular flexibility index (Phi) is 8.05. The van der Waals surface area contributed by atoms with Gasteiger partial charge in [-0.25, -0.2) is 23.7 Å². The maximum Gasteiger partial charge on any atom is 0.422 e. The Morgan fingerprint density at radius 3 is 2.49 bits per heavy atom. The number of nitrogens with one attached hydrogen (secondary N) is 2. The van der Waals surface area contributed by atoms with Gasteiger partial charge in [-0.15, -0.1) is 0 Å². The standard InChI is InChI=1S/C28H22F5N7O3/c1-15(41)36-24-9-16(7-8-34-24)37-26-23(42-2)12-35-27(38-26)25-18-5-3-4-6-22(18)40(39-25)13-19-20(29)10-17(11-21(19)30)43-14-28(31,32)33/h3-12H,13-14H2,1-2H3,(H2,34,35,36,37,38,41). The number of rotatable bonds is 9. The first-order chi connectivity index (χ1) is 20.5. The van der Waals surface area contributed by atoms with Crippen LogP contribution in [0.2, 0.25) is 0 Å². The Balaban J connectivity index is 1.49. The summed E-state index contributed by atoms with van der Waals surface area (Å²) < 4.78 is 78.4. The highest BCUT2D eigenvalue weighted by Gasteiger charge is 2.29. The number of hydrogen-bond donors (Lipinski definition) is 2. The van der Waals surface area contributed by atoms with Crippen LogP contribution in [0.3, 0.4) is 0 Å². The van der Waals surface area contributed by atoms with Crippen molar-refractivity contribution in [1.82, 2.24) is 24.7 Å². The van der Waals surface area contributed by atoms with Gasteiger partial charge in [0.05, 0.1) is 25.4 Å². The van der Waals surface area contributed by atoms with E-state index in [1.807, 2.05) is 0 Å². The lowest BCUT2D eigenvalue weighted by atomic mass is 10.1. The first kappa shape index (κ1) is 29.2. The summed E-state index contributed by atoms with van der Waals surface area (Å²) in [4.78, 5) is 24.4. The van der Waals surface area contributed by atoms with Gasteiger partial charge in [-0.1, -0.05) is 18.2 Å². The van der Waals surface area contributed by atoms with Crippen LogP contribution in [0.1, 0.15) is 12.5 Å². The first-order valence-corrected chi connectivity index (χ1v) is 12.6. The molecular formula is C28H22F5N7O3. The second-order valence-corrected chi connectivity index (χ2v) is 9.14. The minimum Gasteiger partial charge on any atom is -0.491 e. The Morgan fingerprint density at radius 2 is 1.79 bits per heavy atom. The molecule has 222 valence electrons. The third kappa shape index (κ3) is 6.77. The topological polar surface area (TPSA) is 116 Å². The lowest BCUT2D eigenvalue weighted by Crippen LogP contribution is -2.19. The quantitative estimate of drug-likeness (QED) is 0.202. The van der Waals surface area contributed by atoms with Crippen LogP contribution in [0, 0.1) is 11.6 Å². The number of alkyl halides is 3. The molecule has 0 unspecified atom stereocenters. The average molecular weight is 600 g/mol. The van der Waals surface area contributed by atoms with Crippen molar-refractivity contribution in [3.8, 4) is 23.0 Å². The van der Waals surface area contributed by atoms with Gasteiger partial charge in [0.2, 0.25) is 5.91 Å². The summed E-state index contributed by atoms with van der Waals surface area (Å²) in [5.74, 6) is -2.05. The van der Waals surface area contributed by atoms with Gasteiger partial charge < -0.3 is 20.1 Å². The van der Waals surface area contributed by atoms with Crippen molar-refractivity contribution in [3.05, 3.63) is 78.1 Å². The number of hydrogen-bond acceptors (Lipinski definition) is 8. The summed E-state index contributed by atoms with van der Waals surface area (Å²) in [6.45, 7) is -0.716. The lowest BCUT2D eigenvalue weighted by molar-refractivity contribution is -0.153. The fourth-order valence-corrected chi connectivity index (χ4v) is 4.16. The van der Waals surface area contributed by atoms with E-state index in [1.165, 1.54) is 31.1 Å². The minimum absolute atomic E-state index is 0.159. The Labute approximate surface area is 240 Å². The Bertz CT molecular complexity index is 1790. The van der Waals surface area contributed by atoms with Gasteiger partial charge in [-0.2, -0.15) is 18.3 Å². The highest BCUT2D eigenvalue weighted by molar-refractivity contribution is 5.92. The third-order valence-electron chi connectivity index (χ3n) is 6.00. The molecular weight excluding hydrogens is 577 g/mol. The number of methoxy groups -OCH3 is 1. The molecule has 0 aliphatic heterocycles. The zero-order valence-corrected chi connectivity index (χ0v) is 22.5. The number of nitrogens with zero attached hydrogens (tertiary/aromatic N) is 5. The van der Waals surface area contributed by atoms with Gasteiger partial charge in [0.25, 0.3) is 0 Å². The van der Waals surface area contributed by atoms with Crippen LogP contribution in [0.4, 0.5) is 39.3 Å². The number of benzene rings is 2. The number of carbonyl (C=O) groups excluding carboxylic acids is 1. The molecule has 0 aliphatic rings. The maximum absolute atomic E-state index is 14.9. The Hall–Kier alpha value is -5.34. The van der Waals surface area contributed by atoms with E-state index in [-0.39, 0.29) is 24.1 Å². The van der Waals surface area contributed by atoms with Crippen LogP contribution < -0.4 is 20.1 Å². The number of anilines is 3. The number of pyridine rings is 1. The number of fused-ring (bicyclic) bond motifs is 1. The molecule has 0 atom stereocenters. The fourth-order valence-electron chi connectivity index (χ4n) is 4.16. The minimum atomic E-state index is -4.66. The van der Waals surface area contributed by atoms with Gasteiger partial charge in [-0.3, -0.25) is 9.48 Å². The van der Waals surface area contributed by atoms with E-state index in [9.17, 15) is 26.7 Å². The van der Waals surface area contributed by atoms with Crippen LogP contribution in [0.25, 0.3) is 22.4 Å². The zero-order valence-electron chi connectivity index (χ0n) is 22.5. The van der Waals surface area contributed by atoms with E-state index in [2.05, 4.69) is 35.4 Å². The normalized spacial score (nSPS) is 11.4. The van der Waals surface area contributed by atoms with E-state index < -0.39 is 35.7 Å². The highest BCUT2D eigenvalue weighted by atomic mass is 19.4. The number of aromatic nitrogens is 5. The third-order valence-corrected chi connectivity index (χ3v) is 6.00. The zero-order chi connectivity index (χ0) is 30.7. The van der Waals surface area contributed by atoms with Gasteiger partial charge in [0, 0.05) is 48.0 Å². The summed E-state index contributed by atoms with van der Waals surface area (Å²) in [6, 6.07) is 11.5. The summed E-state index contributed by atoms with van der Waals surface area (Å²) in [5.41, 5.74) is 0.896. The molecule has 1 amide bonds. The average Bonchev–Trinajstić information content (AvgIpc) is 3.32. The monoisotopic (exact) mass is 599 g/mol. The SMILES string of the molecule is COc1cnc(-c2nn(Cc3c(F)cc(OCC(F)(F)F)cc3F)c3ccccc23)nc1Nc1ccnc(NC(C)=O)c1. The number of ether oxygens (including phenoxy) is 2. The van der Waals surface area contributed by atoms with Crippen LogP contribution in [0.5, 0.6) is 11.5 Å². The molecule has 0 saturated carbocycles. The van der Waals surface area contributed by atoms with Crippen molar-refractivity contribution >= 4 is 34.1 Å². The smallest absolute Gasteiger partial charge is 0.422 e. The molecule has 43 heavy (non-hydrogen) atoms. The molecule has 0 aliphatic carbocycles. The molecule has 2 N–H and O–H groups in total. The molecule has 0 saturated heterocycles. The van der Waals surface area contributed by atoms with Crippen molar-refractivity contribution in [3.63, 3.8) is 0 Å². The summed E-state index contributed by atoms with van der Waals surface area (Å²) >= 11 is 0. The van der Waals surface area contributed by atoms with Crippen LogP contribution in [-0.4, -0.2) is 50.5 Å². The molecule has 3 heterocycles. The lowest BCUT2D eigenvalue weighted by Gasteiger charge is -2.12. The molecule has 0 bridgehead atoms. The van der Waals surface area contributed by atoms with Crippen LogP contribution in [-0.2, 0) is 11.3 Å². The van der Waals surface area contributed by atoms with Gasteiger partial charge >= 0.3 is 6.18 Å². The van der Waals surface area contributed by atoms with E-state index in [0.29, 0.717) is 46.0 Å². The maximum atomic E-state index is 14.9. The largest absolute Gasteiger partial charge is 0.491 e. The highest BCUT2D eigenvalue weighted by Crippen LogP contribution is 2.32. The summed E-state index contributed by atoms with van der Waals surface area (Å²) in [5, 5.41) is 10.8. The van der Waals surface area contributed by atoms with Crippen molar-refractivity contribution in [2.45, 2.75) is 19.6 Å². The predicted molar refractivity (Wildman–Crippen MR) is 146 cm³/mol. The fraction of sp³-hybridized carbons (Fsp3) is 0.179. The second-order valence-electron chi connectivity index (χ2n) is 9.14. The molecule has 5 rings (SSSR count). The van der Waals surface area contributed by atoms with Crippen molar-refractivity contribution < 1.29 is 36.2 Å². The molecule has 3 aromatic heterocycles. The molecule has 5 aromatic rings. The van der Waals surface area contributed by atoms with Crippen LogP contribution in [0.15, 0.2) is 60.9 Å². The predicted octanol–water partition coefficient (Wildman–Crippen LogP) is 5.87. The number of carbonyl (C=O) groups is 1. The van der Waals surface area contributed by atoms with E-state index in [0.717, 1.165) is 0 Å². The van der Waals surface area contributed by atoms with Crippen molar-refractivity contribution in [2.24, 2.45) is 0 Å². The molecule has 2 aromatic carbocycles. The number of para-hydroxylation sites is 1. The van der Waals surface area contributed by atoms with Gasteiger partial charge in [0.1, 0.15) is 28.9 Å². The van der Waals surface area contributed by atoms with Gasteiger partial charge in [-0.05, 0) is 12.1 Å². The molecule has 0 spiro atoms. The van der Waals surface area contributed by atoms with Crippen molar-refractivity contribution in [2.75, 3.05) is 24.4 Å². The first-order valence-electron chi connectivity index (χ1n) is 12.6. The van der Waals surface area contributed by atoms with Gasteiger partial charge in [0.15, 0.2) is 24.0 Å². The number of halogens is 5. The molecule has 10 nitrogen and oxygen atoms in total. The van der Waals surface area contributed by atoms with E-state index in [4.69, 9.17) is 4.74 Å². The molecule has 0 radical (unpaired) electrons. The summed E-state index contributed by atoms with van der Waals surface area (Å²) in [7, 11) is 1.44. The van der Waals surface area contributed by atoms with E-state index in [1.54, 1.807) is 36.4 Å². The molecule has 15 heteroatoms. The Morgan fingerprint density at radius 1 is 1.05 bits per heavy atom. The number of amides is 1. The van der Waals surface area contributed by atoms with Crippen molar-refractivity contribution in [1.29, 1.82) is 0 Å². The van der Waals surface area contributed by atoms with Crippen LogP contribution >= 0.6 is 0 Å².